The van der Waals surface area contributed by atoms with Gasteiger partial charge in [0.05, 0.1) is 12.2 Å². The average Bonchev–Trinajstić information content (AvgIpc) is 3.57. The van der Waals surface area contributed by atoms with Gasteiger partial charge in [-0.05, 0) is 52.6 Å². The molecule has 7 rings (SSSR count). The Kier molecular flexibility index (Phi) is 8.42. The predicted octanol–water partition coefficient (Wildman–Crippen LogP) is 9.92. The first kappa shape index (κ1) is 29.0. The van der Waals surface area contributed by atoms with Crippen LogP contribution in [0.25, 0.3) is 0 Å². The minimum absolute atomic E-state index is 0.152. The van der Waals surface area contributed by atoms with Crippen molar-refractivity contribution >= 4 is 0 Å². The summed E-state index contributed by atoms with van der Waals surface area (Å²) in [5.41, 5.74) is 5.01. The van der Waals surface area contributed by atoms with E-state index in [-0.39, 0.29) is 12.2 Å². The zero-order valence-corrected chi connectivity index (χ0v) is 25.4. The van der Waals surface area contributed by atoms with Crippen LogP contribution in [0.2, 0.25) is 0 Å². The lowest BCUT2D eigenvalue weighted by Gasteiger charge is -2.43. The molecule has 0 aliphatic heterocycles. The van der Waals surface area contributed by atoms with Gasteiger partial charge < -0.3 is 9.47 Å². The molecule has 1 saturated carbocycles. The summed E-state index contributed by atoms with van der Waals surface area (Å²) in [6.45, 7) is 0. The molecule has 6 aromatic rings. The molecule has 2 heteroatoms. The summed E-state index contributed by atoms with van der Waals surface area (Å²) >= 11 is 0. The molecule has 1 fully saturated rings. The maximum absolute atomic E-state index is 7.60. The van der Waals surface area contributed by atoms with Crippen LogP contribution in [0.1, 0.15) is 52.6 Å². The molecule has 0 radical (unpaired) electrons. The van der Waals surface area contributed by atoms with Crippen molar-refractivity contribution in [3.05, 3.63) is 215 Å². The highest BCUT2D eigenvalue weighted by atomic mass is 16.6. The summed E-state index contributed by atoms with van der Waals surface area (Å²) < 4.78 is 15.2. The summed E-state index contributed by atoms with van der Waals surface area (Å²) in [5.74, 6) is 0. The number of ether oxygens (including phenoxy) is 2. The van der Waals surface area contributed by atoms with Crippen molar-refractivity contribution in [1.29, 1.82) is 0 Å². The summed E-state index contributed by atoms with van der Waals surface area (Å²) in [6.07, 6.45) is 2.54. The lowest BCUT2D eigenvalue weighted by Crippen LogP contribution is -2.44. The number of rotatable bonds is 10. The largest absolute Gasteiger partial charge is 0.355 e. The van der Waals surface area contributed by atoms with E-state index >= 15 is 0 Å². The molecule has 0 amide bonds. The first-order chi connectivity index (χ1) is 22.3. The van der Waals surface area contributed by atoms with Crippen LogP contribution in [0.4, 0.5) is 0 Å². The summed E-state index contributed by atoms with van der Waals surface area (Å²) in [7, 11) is 0. The second kappa shape index (κ2) is 13.1. The monoisotopic (exact) mass is 586 g/mol. The van der Waals surface area contributed by atoms with Crippen molar-refractivity contribution in [1.82, 2.24) is 0 Å². The molecule has 1 aliphatic rings. The van der Waals surface area contributed by atoms with Crippen LogP contribution >= 0.6 is 0 Å². The van der Waals surface area contributed by atoms with E-state index < -0.39 is 11.2 Å². The Balaban J connectivity index is 1.38. The maximum Gasteiger partial charge on any atom is 0.144 e. The Morgan fingerprint density at radius 1 is 0.311 bits per heavy atom. The van der Waals surface area contributed by atoms with Gasteiger partial charge in [-0.15, -0.1) is 0 Å². The Hall–Kier alpha value is -4.76. The second-order valence-electron chi connectivity index (χ2n) is 11.8. The third kappa shape index (κ3) is 5.53. The normalized spacial score (nSPS) is 16.8. The molecule has 2 atom stereocenters. The molecule has 0 N–H and O–H groups in total. The van der Waals surface area contributed by atoms with Crippen molar-refractivity contribution in [2.45, 2.75) is 42.7 Å². The smallest absolute Gasteiger partial charge is 0.144 e. The van der Waals surface area contributed by atoms with Gasteiger partial charge in [0.2, 0.25) is 0 Å². The molecular formula is C43H38O2. The highest BCUT2D eigenvalue weighted by Gasteiger charge is 2.47. The standard InChI is InChI=1S/C43H38O2/c1-7-20-34(21-8-1)42(35-22-9-2-10-23-35,36-24-11-3-12-25-36)44-40-32-19-33-41(40)45-43(37-26-13-4-14-27-37,38-28-15-5-16-29-38)39-30-17-6-18-31-39/h1-18,20-31,40-41H,19,32-33H2/t40-,41-/m1/s1. The Morgan fingerprint density at radius 3 is 0.711 bits per heavy atom. The highest BCUT2D eigenvalue weighted by Crippen LogP contribution is 2.47. The van der Waals surface area contributed by atoms with Gasteiger partial charge in [-0.2, -0.15) is 0 Å². The second-order valence-corrected chi connectivity index (χ2v) is 11.8. The van der Waals surface area contributed by atoms with Gasteiger partial charge in [-0.1, -0.05) is 182 Å². The predicted molar refractivity (Wildman–Crippen MR) is 182 cm³/mol. The Labute approximate surface area is 266 Å². The van der Waals surface area contributed by atoms with E-state index in [1.807, 2.05) is 0 Å². The van der Waals surface area contributed by atoms with Crippen LogP contribution in [0.15, 0.2) is 182 Å². The first-order valence-corrected chi connectivity index (χ1v) is 16.0. The average molecular weight is 587 g/mol. The van der Waals surface area contributed by atoms with Crippen molar-refractivity contribution in [3.63, 3.8) is 0 Å². The maximum atomic E-state index is 7.60. The molecule has 6 aromatic carbocycles. The van der Waals surface area contributed by atoms with Crippen LogP contribution in [0.3, 0.4) is 0 Å². The zero-order valence-electron chi connectivity index (χ0n) is 25.4. The quantitative estimate of drug-likeness (QED) is 0.149. The van der Waals surface area contributed by atoms with Crippen molar-refractivity contribution < 1.29 is 9.47 Å². The highest BCUT2D eigenvalue weighted by molar-refractivity contribution is 5.49. The Bertz CT molecular complexity index is 1430. The van der Waals surface area contributed by atoms with Gasteiger partial charge in [-0.3, -0.25) is 0 Å². The molecule has 45 heavy (non-hydrogen) atoms. The van der Waals surface area contributed by atoms with Crippen LogP contribution in [0.5, 0.6) is 0 Å². The third-order valence-electron chi connectivity index (χ3n) is 9.13. The van der Waals surface area contributed by atoms with Crippen molar-refractivity contribution in [2.75, 3.05) is 0 Å². The molecule has 0 heterocycles. The molecule has 2 nitrogen and oxygen atoms in total. The van der Waals surface area contributed by atoms with Gasteiger partial charge >= 0.3 is 0 Å². The van der Waals surface area contributed by atoms with E-state index in [0.29, 0.717) is 0 Å². The van der Waals surface area contributed by atoms with Crippen molar-refractivity contribution in [2.24, 2.45) is 0 Å². The minimum Gasteiger partial charge on any atom is -0.355 e. The molecule has 0 saturated heterocycles. The number of hydrogen-bond acceptors (Lipinski definition) is 2. The summed E-state index contributed by atoms with van der Waals surface area (Å²) in [4.78, 5) is 0. The van der Waals surface area contributed by atoms with E-state index in [9.17, 15) is 0 Å². The van der Waals surface area contributed by atoms with E-state index in [1.54, 1.807) is 0 Å². The minimum atomic E-state index is -0.810. The van der Waals surface area contributed by atoms with E-state index in [1.165, 1.54) is 0 Å². The van der Waals surface area contributed by atoms with E-state index in [2.05, 4.69) is 182 Å². The van der Waals surface area contributed by atoms with Crippen LogP contribution in [0, 0.1) is 0 Å². The summed E-state index contributed by atoms with van der Waals surface area (Å²) in [5, 5.41) is 0. The van der Waals surface area contributed by atoms with Crippen LogP contribution in [-0.2, 0) is 20.7 Å². The van der Waals surface area contributed by atoms with E-state index in [0.717, 1.165) is 52.6 Å². The zero-order chi connectivity index (χ0) is 30.4. The SMILES string of the molecule is c1ccc(C(O[C@@H]2CCC[C@H]2OC(c2ccccc2)(c2ccccc2)c2ccccc2)(c2ccccc2)c2ccccc2)cc1. The first-order valence-electron chi connectivity index (χ1n) is 16.0. The topological polar surface area (TPSA) is 18.5 Å². The fourth-order valence-corrected chi connectivity index (χ4v) is 7.06. The van der Waals surface area contributed by atoms with Gasteiger partial charge in [0, 0.05) is 0 Å². The van der Waals surface area contributed by atoms with Crippen molar-refractivity contribution in [3.8, 4) is 0 Å². The molecule has 0 bridgehead atoms. The number of hydrogen-bond donors (Lipinski definition) is 0. The molecule has 0 aromatic heterocycles. The summed E-state index contributed by atoms with van der Waals surface area (Å²) in [6, 6.07) is 63.9. The Morgan fingerprint density at radius 2 is 0.511 bits per heavy atom. The van der Waals surface area contributed by atoms with Crippen LogP contribution in [-0.4, -0.2) is 12.2 Å². The lowest BCUT2D eigenvalue weighted by atomic mass is 9.79. The number of benzene rings is 6. The molecule has 1 aliphatic carbocycles. The van der Waals surface area contributed by atoms with Gasteiger partial charge in [0.1, 0.15) is 11.2 Å². The third-order valence-corrected chi connectivity index (χ3v) is 9.13. The lowest BCUT2D eigenvalue weighted by molar-refractivity contribution is -0.141. The van der Waals surface area contributed by atoms with Gasteiger partial charge in [0.15, 0.2) is 0 Å². The molecule has 0 spiro atoms. The van der Waals surface area contributed by atoms with Gasteiger partial charge in [0.25, 0.3) is 0 Å². The fraction of sp³-hybridized carbons (Fsp3) is 0.163. The van der Waals surface area contributed by atoms with E-state index in [4.69, 9.17) is 9.47 Å². The molecule has 0 unspecified atom stereocenters. The molecular weight excluding hydrogens is 548 g/mol. The van der Waals surface area contributed by atoms with Crippen LogP contribution < -0.4 is 0 Å². The molecule has 222 valence electrons. The fourth-order valence-electron chi connectivity index (χ4n) is 7.06. The van der Waals surface area contributed by atoms with Gasteiger partial charge in [-0.25, -0.2) is 0 Å².